The van der Waals surface area contributed by atoms with E-state index < -0.39 is 0 Å². The Kier molecular flexibility index (Phi) is 2.67. The third-order valence-corrected chi connectivity index (χ3v) is 2.62. The standard InChI is InChI=1S/C9H14N2O3/c12-8-2-1-6(3-10-8)9(13)11-7-4-14-5-7/h6-7H,1-5H2,(H,10,12)(H,11,13). The monoisotopic (exact) mass is 198 g/mol. The van der Waals surface area contributed by atoms with Crippen molar-refractivity contribution >= 4 is 11.8 Å². The topological polar surface area (TPSA) is 67.4 Å². The lowest BCUT2D eigenvalue weighted by Crippen LogP contribution is -2.52. The summed E-state index contributed by atoms with van der Waals surface area (Å²) in [6, 6.07) is 0.181. The Morgan fingerprint density at radius 1 is 1.50 bits per heavy atom. The van der Waals surface area contributed by atoms with Crippen LogP contribution < -0.4 is 10.6 Å². The number of hydrogen-bond donors (Lipinski definition) is 2. The lowest BCUT2D eigenvalue weighted by Gasteiger charge is -2.29. The molecule has 2 rings (SSSR count). The highest BCUT2D eigenvalue weighted by Gasteiger charge is 2.28. The molecule has 1 atom stereocenters. The second kappa shape index (κ2) is 3.96. The van der Waals surface area contributed by atoms with Crippen LogP contribution >= 0.6 is 0 Å². The smallest absolute Gasteiger partial charge is 0.225 e. The number of nitrogens with one attached hydrogen (secondary N) is 2. The van der Waals surface area contributed by atoms with Gasteiger partial charge in [-0.15, -0.1) is 0 Å². The second-order valence-electron chi connectivity index (χ2n) is 3.78. The Labute approximate surface area is 82.2 Å². The first-order valence-electron chi connectivity index (χ1n) is 4.90. The predicted molar refractivity (Wildman–Crippen MR) is 48.5 cm³/mol. The summed E-state index contributed by atoms with van der Waals surface area (Å²) in [4.78, 5) is 22.4. The number of amides is 2. The average Bonchev–Trinajstić information content (AvgIpc) is 2.12. The lowest BCUT2D eigenvalue weighted by atomic mass is 9.98. The molecule has 2 aliphatic heterocycles. The summed E-state index contributed by atoms with van der Waals surface area (Å²) in [5.74, 6) is 0.0210. The van der Waals surface area contributed by atoms with Gasteiger partial charge < -0.3 is 15.4 Å². The maximum absolute atomic E-state index is 11.6. The van der Waals surface area contributed by atoms with Crippen LogP contribution in [-0.4, -0.2) is 37.6 Å². The van der Waals surface area contributed by atoms with E-state index in [1.165, 1.54) is 0 Å². The van der Waals surface area contributed by atoms with Gasteiger partial charge in [0.05, 0.1) is 25.2 Å². The fourth-order valence-electron chi connectivity index (χ4n) is 1.59. The van der Waals surface area contributed by atoms with Crippen LogP contribution in [0.2, 0.25) is 0 Å². The van der Waals surface area contributed by atoms with Gasteiger partial charge in [0, 0.05) is 13.0 Å². The molecule has 0 saturated carbocycles. The van der Waals surface area contributed by atoms with Crippen LogP contribution in [0.1, 0.15) is 12.8 Å². The van der Waals surface area contributed by atoms with Gasteiger partial charge in [0.25, 0.3) is 0 Å². The van der Waals surface area contributed by atoms with Crippen LogP contribution in [0.3, 0.4) is 0 Å². The summed E-state index contributed by atoms with van der Waals surface area (Å²) in [6.07, 6.45) is 1.12. The molecule has 14 heavy (non-hydrogen) atoms. The highest BCUT2D eigenvalue weighted by atomic mass is 16.5. The molecular formula is C9H14N2O3. The zero-order valence-corrected chi connectivity index (χ0v) is 7.91. The zero-order chi connectivity index (χ0) is 9.97. The summed E-state index contributed by atoms with van der Waals surface area (Å²) in [6.45, 7) is 1.70. The molecule has 0 spiro atoms. The van der Waals surface area contributed by atoms with Crippen LogP contribution in [0.15, 0.2) is 0 Å². The Morgan fingerprint density at radius 2 is 2.29 bits per heavy atom. The summed E-state index contributed by atoms with van der Waals surface area (Å²) >= 11 is 0. The molecule has 2 fully saturated rings. The van der Waals surface area contributed by atoms with Gasteiger partial charge >= 0.3 is 0 Å². The number of rotatable bonds is 2. The first-order valence-corrected chi connectivity index (χ1v) is 4.90. The van der Waals surface area contributed by atoms with E-state index >= 15 is 0 Å². The molecule has 1 unspecified atom stereocenters. The molecule has 2 heterocycles. The van der Waals surface area contributed by atoms with Crippen molar-refractivity contribution < 1.29 is 14.3 Å². The molecule has 2 aliphatic rings. The van der Waals surface area contributed by atoms with E-state index in [2.05, 4.69) is 10.6 Å². The van der Waals surface area contributed by atoms with E-state index in [9.17, 15) is 9.59 Å². The van der Waals surface area contributed by atoms with E-state index in [-0.39, 0.29) is 23.8 Å². The number of ether oxygens (including phenoxy) is 1. The molecule has 0 radical (unpaired) electrons. The van der Waals surface area contributed by atoms with Gasteiger partial charge in [0.15, 0.2) is 0 Å². The van der Waals surface area contributed by atoms with Gasteiger partial charge in [-0.2, -0.15) is 0 Å². The number of piperidine rings is 1. The summed E-state index contributed by atoms with van der Waals surface area (Å²) < 4.78 is 4.96. The SMILES string of the molecule is O=C1CCC(C(=O)NC2COC2)CN1. The molecule has 2 N–H and O–H groups in total. The first kappa shape index (κ1) is 9.45. The Hall–Kier alpha value is -1.10. The third kappa shape index (κ3) is 2.04. The van der Waals surface area contributed by atoms with Gasteiger partial charge in [0.2, 0.25) is 11.8 Å². The molecule has 78 valence electrons. The van der Waals surface area contributed by atoms with Gasteiger partial charge in [-0.25, -0.2) is 0 Å². The minimum absolute atomic E-state index is 0.0401. The van der Waals surface area contributed by atoms with Crippen LogP contribution in [0.5, 0.6) is 0 Å². The highest BCUT2D eigenvalue weighted by Crippen LogP contribution is 2.11. The molecule has 5 nitrogen and oxygen atoms in total. The summed E-state index contributed by atoms with van der Waals surface area (Å²) in [7, 11) is 0. The van der Waals surface area contributed by atoms with Crippen molar-refractivity contribution in [2.24, 2.45) is 5.92 Å². The van der Waals surface area contributed by atoms with Crippen molar-refractivity contribution in [2.45, 2.75) is 18.9 Å². The van der Waals surface area contributed by atoms with Crippen LogP contribution in [0, 0.1) is 5.92 Å². The molecule has 0 aromatic carbocycles. The molecule has 2 saturated heterocycles. The predicted octanol–water partition coefficient (Wildman–Crippen LogP) is -0.972. The van der Waals surface area contributed by atoms with Crippen molar-refractivity contribution in [1.29, 1.82) is 0 Å². The molecular weight excluding hydrogens is 184 g/mol. The van der Waals surface area contributed by atoms with Crippen LogP contribution in [-0.2, 0) is 14.3 Å². The fourth-order valence-corrected chi connectivity index (χ4v) is 1.59. The van der Waals surface area contributed by atoms with Gasteiger partial charge in [-0.05, 0) is 6.42 Å². The van der Waals surface area contributed by atoms with Gasteiger partial charge in [0.1, 0.15) is 0 Å². The van der Waals surface area contributed by atoms with Crippen molar-refractivity contribution in [1.82, 2.24) is 10.6 Å². The Balaban J connectivity index is 1.76. The zero-order valence-electron chi connectivity index (χ0n) is 7.91. The van der Waals surface area contributed by atoms with Gasteiger partial charge in [-0.1, -0.05) is 0 Å². The third-order valence-electron chi connectivity index (χ3n) is 2.62. The number of carbonyl (C=O) groups excluding carboxylic acids is 2. The van der Waals surface area contributed by atoms with E-state index in [0.717, 1.165) is 0 Å². The number of hydrogen-bond acceptors (Lipinski definition) is 3. The van der Waals surface area contributed by atoms with Crippen LogP contribution in [0.25, 0.3) is 0 Å². The molecule has 0 bridgehead atoms. The van der Waals surface area contributed by atoms with Gasteiger partial charge in [-0.3, -0.25) is 9.59 Å². The average molecular weight is 198 g/mol. The maximum atomic E-state index is 11.6. The molecule has 0 aromatic rings. The molecule has 0 aromatic heterocycles. The minimum Gasteiger partial charge on any atom is -0.377 e. The Bertz CT molecular complexity index is 240. The largest absolute Gasteiger partial charge is 0.377 e. The normalized spacial score (nSPS) is 27.7. The van der Waals surface area contributed by atoms with Crippen molar-refractivity contribution in [2.75, 3.05) is 19.8 Å². The van der Waals surface area contributed by atoms with E-state index in [4.69, 9.17) is 4.74 Å². The Morgan fingerprint density at radius 3 is 2.79 bits per heavy atom. The maximum Gasteiger partial charge on any atom is 0.225 e. The summed E-state index contributed by atoms with van der Waals surface area (Å²) in [5.41, 5.74) is 0. The van der Waals surface area contributed by atoms with E-state index in [0.29, 0.717) is 32.6 Å². The summed E-state index contributed by atoms with van der Waals surface area (Å²) in [5, 5.41) is 5.58. The van der Waals surface area contributed by atoms with Crippen molar-refractivity contribution in [3.8, 4) is 0 Å². The second-order valence-corrected chi connectivity index (χ2v) is 3.78. The molecule has 2 amide bonds. The fraction of sp³-hybridized carbons (Fsp3) is 0.778. The highest BCUT2D eigenvalue weighted by molar-refractivity contribution is 5.83. The van der Waals surface area contributed by atoms with E-state index in [1.54, 1.807) is 0 Å². The lowest BCUT2D eigenvalue weighted by molar-refractivity contribution is -0.131. The quantitative estimate of drug-likeness (QED) is 0.599. The first-order chi connectivity index (χ1) is 6.75. The van der Waals surface area contributed by atoms with Crippen LogP contribution in [0.4, 0.5) is 0 Å². The molecule has 5 heteroatoms. The van der Waals surface area contributed by atoms with Crippen molar-refractivity contribution in [3.63, 3.8) is 0 Å². The number of carbonyl (C=O) groups is 2. The molecule has 0 aliphatic carbocycles. The van der Waals surface area contributed by atoms with Crippen molar-refractivity contribution in [3.05, 3.63) is 0 Å². The minimum atomic E-state index is -0.0618. The van der Waals surface area contributed by atoms with E-state index in [1.807, 2.05) is 0 Å².